The number of nitrogens with zero attached hydrogens (tertiary/aromatic N) is 6. The van der Waals surface area contributed by atoms with Crippen LogP contribution in [0.2, 0.25) is 0 Å². The molecule has 10 nitrogen and oxygen atoms in total. The van der Waals surface area contributed by atoms with Gasteiger partial charge in [-0.2, -0.15) is 0 Å². The lowest BCUT2D eigenvalue weighted by Crippen LogP contribution is -2.22. The van der Waals surface area contributed by atoms with E-state index in [1.54, 1.807) is 84.0 Å². The molecule has 0 radical (unpaired) electrons. The number of aromatic nitrogens is 6. The Morgan fingerprint density at radius 3 is 1.94 bits per heavy atom. The van der Waals surface area contributed by atoms with Crippen molar-refractivity contribution in [2.45, 2.75) is 6.92 Å². The molecule has 0 spiro atoms. The molecule has 4 aromatic heterocycles. The van der Waals surface area contributed by atoms with Gasteiger partial charge in [0, 0.05) is 48.0 Å². The minimum absolute atomic E-state index is 0.0153. The molecule has 236 valence electrons. The molecule has 10 heteroatoms. The third-order valence-electron chi connectivity index (χ3n) is 8.20. The van der Waals surface area contributed by atoms with E-state index in [4.69, 9.17) is 14.7 Å². The van der Waals surface area contributed by atoms with Crippen molar-refractivity contribution in [2.24, 2.45) is 0 Å². The zero-order chi connectivity index (χ0) is 33.5. The maximum absolute atomic E-state index is 14.2. The second-order valence-corrected chi connectivity index (χ2v) is 11.4. The molecule has 0 atom stereocenters. The van der Waals surface area contributed by atoms with Crippen LogP contribution < -0.4 is 15.9 Å². The minimum atomic E-state index is -0.347. The van der Waals surface area contributed by atoms with Crippen LogP contribution in [0.1, 0.15) is 5.56 Å². The van der Waals surface area contributed by atoms with Crippen LogP contribution in [0.5, 0.6) is 17.2 Å². The number of phenols is 1. The normalized spacial score (nSPS) is 11.2. The zero-order valence-corrected chi connectivity index (χ0v) is 26.1. The molecule has 4 aromatic carbocycles. The molecular formula is C39H26N6O4. The van der Waals surface area contributed by atoms with Gasteiger partial charge in [0.15, 0.2) is 0 Å². The van der Waals surface area contributed by atoms with Gasteiger partial charge in [-0.15, -0.1) is 0 Å². The smallest absolute Gasteiger partial charge is 0.266 e. The number of rotatable bonds is 6. The van der Waals surface area contributed by atoms with E-state index in [-0.39, 0.29) is 16.9 Å². The first-order valence-corrected chi connectivity index (χ1v) is 15.4. The molecule has 8 aromatic rings. The summed E-state index contributed by atoms with van der Waals surface area (Å²) in [7, 11) is 0. The molecule has 0 bridgehead atoms. The van der Waals surface area contributed by atoms with E-state index in [1.165, 1.54) is 16.7 Å². The number of phenolic OH excluding ortho intramolecular Hbond substituents is 1. The van der Waals surface area contributed by atoms with Gasteiger partial charge in [-0.05, 0) is 85.3 Å². The average molecular weight is 643 g/mol. The maximum Gasteiger partial charge on any atom is 0.266 e. The van der Waals surface area contributed by atoms with E-state index < -0.39 is 0 Å². The van der Waals surface area contributed by atoms with Crippen molar-refractivity contribution >= 4 is 21.8 Å². The van der Waals surface area contributed by atoms with E-state index in [0.717, 1.165) is 5.56 Å². The molecule has 0 fully saturated rings. The molecule has 0 aliphatic heterocycles. The van der Waals surface area contributed by atoms with Gasteiger partial charge in [0.1, 0.15) is 28.9 Å². The summed E-state index contributed by atoms with van der Waals surface area (Å²) in [4.78, 5) is 46.3. The van der Waals surface area contributed by atoms with Crippen LogP contribution in [-0.2, 0) is 0 Å². The van der Waals surface area contributed by atoms with Crippen molar-refractivity contribution < 1.29 is 9.84 Å². The number of aryl methyl sites for hydroxylation is 1. The summed E-state index contributed by atoms with van der Waals surface area (Å²) in [6, 6.07) is 31.6. The van der Waals surface area contributed by atoms with E-state index in [1.807, 2.05) is 49.4 Å². The zero-order valence-electron chi connectivity index (χ0n) is 26.1. The average Bonchev–Trinajstić information content (AvgIpc) is 3.13. The summed E-state index contributed by atoms with van der Waals surface area (Å²) >= 11 is 0. The Morgan fingerprint density at radius 1 is 0.612 bits per heavy atom. The van der Waals surface area contributed by atoms with Crippen LogP contribution in [0.15, 0.2) is 144 Å². The number of pyridine rings is 2. The number of benzene rings is 4. The van der Waals surface area contributed by atoms with Gasteiger partial charge < -0.3 is 9.84 Å². The molecular weight excluding hydrogens is 616 g/mol. The first kappa shape index (κ1) is 29.5. The van der Waals surface area contributed by atoms with Gasteiger partial charge in [0.25, 0.3) is 11.1 Å². The molecule has 0 saturated heterocycles. The summed E-state index contributed by atoms with van der Waals surface area (Å²) in [5.41, 5.74) is 3.62. The Hall–Kier alpha value is -6.94. The second kappa shape index (κ2) is 12.0. The largest absolute Gasteiger partial charge is 0.508 e. The summed E-state index contributed by atoms with van der Waals surface area (Å²) in [6.07, 6.45) is 6.62. The van der Waals surface area contributed by atoms with E-state index in [9.17, 15) is 14.7 Å². The first-order chi connectivity index (χ1) is 23.9. The van der Waals surface area contributed by atoms with Crippen molar-refractivity contribution in [3.05, 3.63) is 160 Å². The Labute approximate surface area is 278 Å². The number of hydrogen-bond acceptors (Lipinski definition) is 8. The molecule has 49 heavy (non-hydrogen) atoms. The van der Waals surface area contributed by atoms with Crippen LogP contribution in [0, 0.1) is 6.92 Å². The highest BCUT2D eigenvalue weighted by molar-refractivity contribution is 5.83. The fourth-order valence-electron chi connectivity index (χ4n) is 5.81. The lowest BCUT2D eigenvalue weighted by atomic mass is 10.1. The molecule has 0 saturated carbocycles. The van der Waals surface area contributed by atoms with Crippen LogP contribution in [0.25, 0.3) is 56.0 Å². The van der Waals surface area contributed by atoms with Gasteiger partial charge >= 0.3 is 0 Å². The molecule has 4 heterocycles. The minimum Gasteiger partial charge on any atom is -0.508 e. The topological polar surface area (TPSA) is 125 Å². The fraction of sp³-hybridized carbons (Fsp3) is 0.0256. The van der Waals surface area contributed by atoms with E-state index in [0.29, 0.717) is 67.5 Å². The van der Waals surface area contributed by atoms with Crippen molar-refractivity contribution in [1.82, 2.24) is 29.1 Å². The lowest BCUT2D eigenvalue weighted by Gasteiger charge is -2.17. The summed E-state index contributed by atoms with van der Waals surface area (Å²) in [5, 5.41) is 11.0. The standard InChI is InChI=1S/C39H26N6O4/c1-24-13-14-28(45-36(25-7-5-17-40-22-25)42-33-12-3-2-11-31(33)38(45)47)20-35(24)49-30-15-16-34-32(21-30)39(48)44(27-9-4-10-29(46)19-27)37(43-34)26-8-6-18-41-23-26/h2-23,46H,1H3. The Bertz CT molecular complexity index is 2660. The van der Waals surface area contributed by atoms with Crippen LogP contribution in [-0.4, -0.2) is 34.2 Å². The van der Waals surface area contributed by atoms with Crippen LogP contribution in [0.4, 0.5) is 0 Å². The lowest BCUT2D eigenvalue weighted by molar-refractivity contribution is 0.475. The number of aromatic hydroxyl groups is 1. The number of para-hydroxylation sites is 1. The Morgan fingerprint density at radius 2 is 1.27 bits per heavy atom. The molecule has 0 aliphatic carbocycles. The number of hydrogen-bond donors (Lipinski definition) is 1. The Kier molecular flexibility index (Phi) is 7.22. The summed E-state index contributed by atoms with van der Waals surface area (Å²) < 4.78 is 9.42. The molecule has 8 rings (SSSR count). The van der Waals surface area contributed by atoms with Gasteiger partial charge in [0.2, 0.25) is 0 Å². The van der Waals surface area contributed by atoms with Crippen molar-refractivity contribution in [1.29, 1.82) is 0 Å². The highest BCUT2D eigenvalue weighted by Gasteiger charge is 2.18. The SMILES string of the molecule is Cc1ccc(-n2c(-c3cccnc3)nc3ccccc3c2=O)cc1Oc1ccc2nc(-c3cccnc3)n(-c3cccc(O)c3)c(=O)c2c1. The molecule has 1 N–H and O–H groups in total. The van der Waals surface area contributed by atoms with Crippen LogP contribution in [0.3, 0.4) is 0 Å². The predicted molar refractivity (Wildman–Crippen MR) is 188 cm³/mol. The predicted octanol–water partition coefficient (Wildman–Crippen LogP) is 7.02. The monoisotopic (exact) mass is 642 g/mol. The van der Waals surface area contributed by atoms with Gasteiger partial charge in [0.05, 0.1) is 33.2 Å². The number of fused-ring (bicyclic) bond motifs is 2. The molecule has 0 amide bonds. The van der Waals surface area contributed by atoms with Crippen molar-refractivity contribution in [3.8, 4) is 51.4 Å². The Balaban J connectivity index is 1.26. The third kappa shape index (κ3) is 5.36. The summed E-state index contributed by atoms with van der Waals surface area (Å²) in [6.45, 7) is 1.90. The summed E-state index contributed by atoms with van der Waals surface area (Å²) in [5.74, 6) is 1.73. The highest BCUT2D eigenvalue weighted by atomic mass is 16.5. The van der Waals surface area contributed by atoms with E-state index >= 15 is 0 Å². The number of ether oxygens (including phenoxy) is 1. The van der Waals surface area contributed by atoms with E-state index in [2.05, 4.69) is 9.97 Å². The fourth-order valence-corrected chi connectivity index (χ4v) is 5.81. The van der Waals surface area contributed by atoms with Crippen LogP contribution >= 0.6 is 0 Å². The van der Waals surface area contributed by atoms with Gasteiger partial charge in [-0.1, -0.05) is 24.3 Å². The van der Waals surface area contributed by atoms with Crippen molar-refractivity contribution in [2.75, 3.05) is 0 Å². The second-order valence-electron chi connectivity index (χ2n) is 11.4. The van der Waals surface area contributed by atoms with Gasteiger partial charge in [-0.3, -0.25) is 28.7 Å². The molecule has 0 aliphatic rings. The maximum atomic E-state index is 14.2. The highest BCUT2D eigenvalue weighted by Crippen LogP contribution is 2.31. The van der Waals surface area contributed by atoms with Gasteiger partial charge in [-0.25, -0.2) is 9.97 Å². The third-order valence-corrected chi connectivity index (χ3v) is 8.20. The first-order valence-electron chi connectivity index (χ1n) is 15.4. The van der Waals surface area contributed by atoms with Crippen molar-refractivity contribution in [3.63, 3.8) is 0 Å². The molecule has 0 unspecified atom stereocenters. The quantitative estimate of drug-likeness (QED) is 0.205.